The molecule has 6 aromatic carbocycles. The third-order valence-corrected chi connectivity index (χ3v) is 8.79. The topological polar surface area (TPSA) is 26.6 Å². The van der Waals surface area contributed by atoms with Crippen molar-refractivity contribution in [2.75, 3.05) is 0 Å². The lowest BCUT2D eigenvalue weighted by atomic mass is 10.00. The molecule has 0 unspecified atom stereocenters. The minimum Gasteiger partial charge on any atom is -0.309 e. The molecule has 0 aliphatic rings. The zero-order valence-electron chi connectivity index (χ0n) is 22.0. The van der Waals surface area contributed by atoms with E-state index < -0.39 is 0 Å². The van der Waals surface area contributed by atoms with Crippen molar-refractivity contribution in [1.29, 1.82) is 0 Å². The first-order chi connectivity index (χ1) is 20.4. The molecule has 4 nitrogen and oxygen atoms in total. The molecule has 0 atom stereocenters. The molecule has 41 heavy (non-hydrogen) atoms. The monoisotopic (exact) mass is 522 g/mol. The summed E-state index contributed by atoms with van der Waals surface area (Å²) in [5.41, 5.74) is 11.7. The van der Waals surface area contributed by atoms with E-state index in [4.69, 9.17) is 4.98 Å². The number of fused-ring (bicyclic) bond motifs is 11. The summed E-state index contributed by atoms with van der Waals surface area (Å²) in [6.07, 6.45) is 0. The second-order valence-electron chi connectivity index (χ2n) is 10.8. The van der Waals surface area contributed by atoms with Crippen molar-refractivity contribution in [2.24, 2.45) is 0 Å². The smallest absolute Gasteiger partial charge is 0.220 e. The maximum atomic E-state index is 5.17. The van der Waals surface area contributed by atoms with Crippen LogP contribution in [0.2, 0.25) is 0 Å². The second kappa shape index (κ2) is 7.52. The first kappa shape index (κ1) is 21.2. The molecule has 190 valence electrons. The van der Waals surface area contributed by atoms with Gasteiger partial charge in [0.15, 0.2) is 0 Å². The van der Waals surface area contributed by atoms with Gasteiger partial charge in [-0.3, -0.25) is 8.80 Å². The van der Waals surface area contributed by atoms with Crippen LogP contribution < -0.4 is 0 Å². The van der Waals surface area contributed by atoms with Crippen molar-refractivity contribution in [1.82, 2.24) is 18.4 Å². The van der Waals surface area contributed by atoms with E-state index in [2.05, 4.69) is 147 Å². The number of imidazole rings is 2. The van der Waals surface area contributed by atoms with Crippen LogP contribution in [0.25, 0.3) is 82.8 Å². The summed E-state index contributed by atoms with van der Waals surface area (Å²) in [6, 6.07) is 48.0. The lowest BCUT2D eigenvalue weighted by molar-refractivity contribution is 1.18. The highest BCUT2D eigenvalue weighted by molar-refractivity contribution is 6.19. The van der Waals surface area contributed by atoms with Crippen LogP contribution in [0.1, 0.15) is 0 Å². The van der Waals surface area contributed by atoms with Gasteiger partial charge >= 0.3 is 0 Å². The molecule has 0 N–H and O–H groups in total. The van der Waals surface area contributed by atoms with Gasteiger partial charge in [0.2, 0.25) is 5.78 Å². The number of rotatable bonds is 2. The fourth-order valence-corrected chi connectivity index (χ4v) is 7.17. The third kappa shape index (κ3) is 2.57. The van der Waals surface area contributed by atoms with E-state index in [1.165, 1.54) is 65.9 Å². The number of aromatic nitrogens is 4. The van der Waals surface area contributed by atoms with Crippen LogP contribution in [0.15, 0.2) is 133 Å². The van der Waals surface area contributed by atoms with Crippen molar-refractivity contribution in [3.8, 4) is 16.8 Å². The molecule has 0 saturated carbocycles. The maximum Gasteiger partial charge on any atom is 0.220 e. The van der Waals surface area contributed by atoms with Crippen molar-refractivity contribution in [2.45, 2.75) is 0 Å². The lowest BCUT2D eigenvalue weighted by Crippen LogP contribution is -1.98. The fourth-order valence-electron chi connectivity index (χ4n) is 7.17. The van der Waals surface area contributed by atoms with Gasteiger partial charge < -0.3 is 4.57 Å². The molecule has 0 saturated heterocycles. The number of para-hydroxylation sites is 7. The zero-order chi connectivity index (χ0) is 26.7. The van der Waals surface area contributed by atoms with E-state index >= 15 is 0 Å². The molecule has 0 bridgehead atoms. The number of hydrogen-bond donors (Lipinski definition) is 0. The molecule has 4 heterocycles. The van der Waals surface area contributed by atoms with Crippen LogP contribution in [0.4, 0.5) is 0 Å². The third-order valence-electron chi connectivity index (χ3n) is 8.79. The largest absolute Gasteiger partial charge is 0.309 e. The molecule has 4 heteroatoms. The summed E-state index contributed by atoms with van der Waals surface area (Å²) in [5.74, 6) is 0.953. The Morgan fingerprint density at radius 3 is 1.76 bits per heavy atom. The van der Waals surface area contributed by atoms with Gasteiger partial charge in [0, 0.05) is 32.7 Å². The molecule has 0 spiro atoms. The van der Waals surface area contributed by atoms with Crippen LogP contribution in [0.5, 0.6) is 0 Å². The van der Waals surface area contributed by atoms with Crippen LogP contribution in [-0.2, 0) is 0 Å². The van der Waals surface area contributed by atoms with Crippen LogP contribution in [0, 0.1) is 0 Å². The maximum absolute atomic E-state index is 5.17. The van der Waals surface area contributed by atoms with Gasteiger partial charge in [0.25, 0.3) is 0 Å². The van der Waals surface area contributed by atoms with Crippen molar-refractivity contribution in [3.05, 3.63) is 133 Å². The van der Waals surface area contributed by atoms with Gasteiger partial charge in [-0.1, -0.05) is 97.1 Å². The summed E-state index contributed by atoms with van der Waals surface area (Å²) in [6.45, 7) is 0. The van der Waals surface area contributed by atoms with Gasteiger partial charge in [-0.25, -0.2) is 4.98 Å². The minimum atomic E-state index is 0.953. The van der Waals surface area contributed by atoms with Crippen molar-refractivity contribution >= 4 is 65.9 Å². The highest BCUT2D eigenvalue weighted by atomic mass is 15.2. The Hall–Kier alpha value is -5.61. The highest BCUT2D eigenvalue weighted by Gasteiger charge is 2.23. The number of benzene rings is 6. The number of hydrogen-bond acceptors (Lipinski definition) is 1. The molecular formula is C37H22N4. The molecule has 10 aromatic rings. The van der Waals surface area contributed by atoms with Gasteiger partial charge in [0.1, 0.15) is 0 Å². The Bertz CT molecular complexity index is 2590. The van der Waals surface area contributed by atoms with Gasteiger partial charge in [-0.2, -0.15) is 0 Å². The first-order valence-corrected chi connectivity index (χ1v) is 14.0. The van der Waals surface area contributed by atoms with Crippen LogP contribution in [0.3, 0.4) is 0 Å². The van der Waals surface area contributed by atoms with E-state index in [0.717, 1.165) is 16.8 Å². The Labute approximate surface area is 234 Å². The summed E-state index contributed by atoms with van der Waals surface area (Å²) in [4.78, 5) is 5.17. The SMILES string of the molecule is c1ccc(-n2c3ccccc3c3ccccc32)c(-c2cccc3c4cccc5c4n(c23)c2nc3ccccc3n52)c1. The normalized spacial score (nSPS) is 12.4. The molecule has 0 fully saturated rings. The molecular weight excluding hydrogens is 500 g/mol. The fraction of sp³-hybridized carbons (Fsp3) is 0. The van der Waals surface area contributed by atoms with E-state index in [1.54, 1.807) is 0 Å². The van der Waals surface area contributed by atoms with Gasteiger partial charge in [-0.15, -0.1) is 0 Å². The standard InChI is InChI=1S/C37H22N4/c1-5-18-30-23(11-1)24-12-2-6-19-31(24)39(30)32-20-7-3-13-25(32)26-14-9-15-27-28-16-10-22-34-36(28)41(35(26)27)37-38-29-17-4-8-21-33(29)40(34)37/h1-22H. The van der Waals surface area contributed by atoms with E-state index in [0.29, 0.717) is 0 Å². The van der Waals surface area contributed by atoms with Crippen LogP contribution >= 0.6 is 0 Å². The molecule has 0 aliphatic heterocycles. The highest BCUT2D eigenvalue weighted by Crippen LogP contribution is 2.43. The first-order valence-electron chi connectivity index (χ1n) is 14.0. The Kier molecular flexibility index (Phi) is 3.90. The molecule has 0 aliphatic carbocycles. The molecule has 10 rings (SSSR count). The minimum absolute atomic E-state index is 0.953. The summed E-state index contributed by atoms with van der Waals surface area (Å²) < 4.78 is 7.12. The van der Waals surface area contributed by atoms with Gasteiger partial charge in [-0.05, 0) is 36.4 Å². The molecule has 4 aromatic heterocycles. The van der Waals surface area contributed by atoms with Crippen LogP contribution in [-0.4, -0.2) is 18.4 Å². The van der Waals surface area contributed by atoms with Crippen molar-refractivity contribution < 1.29 is 0 Å². The average Bonchev–Trinajstić information content (AvgIpc) is 3.76. The Balaban J connectivity index is 1.39. The lowest BCUT2D eigenvalue weighted by Gasteiger charge is -2.15. The van der Waals surface area contributed by atoms with E-state index in [-0.39, 0.29) is 0 Å². The summed E-state index contributed by atoms with van der Waals surface area (Å²) >= 11 is 0. The predicted octanol–water partition coefficient (Wildman–Crippen LogP) is 9.25. The van der Waals surface area contributed by atoms with Gasteiger partial charge in [0.05, 0.1) is 44.3 Å². The van der Waals surface area contributed by atoms with E-state index in [9.17, 15) is 0 Å². The zero-order valence-corrected chi connectivity index (χ0v) is 22.0. The van der Waals surface area contributed by atoms with E-state index in [1.807, 2.05) is 0 Å². The predicted molar refractivity (Wildman–Crippen MR) is 170 cm³/mol. The Morgan fingerprint density at radius 2 is 0.951 bits per heavy atom. The summed E-state index contributed by atoms with van der Waals surface area (Å²) in [5, 5.41) is 5.03. The Morgan fingerprint density at radius 1 is 0.390 bits per heavy atom. The second-order valence-corrected chi connectivity index (χ2v) is 10.8. The number of nitrogens with zero attached hydrogens (tertiary/aromatic N) is 4. The molecule has 0 radical (unpaired) electrons. The molecule has 0 amide bonds. The van der Waals surface area contributed by atoms with Crippen molar-refractivity contribution in [3.63, 3.8) is 0 Å². The average molecular weight is 523 g/mol. The quantitative estimate of drug-likeness (QED) is 0.222. The summed E-state index contributed by atoms with van der Waals surface area (Å²) in [7, 11) is 0.